The van der Waals surface area contributed by atoms with Crippen LogP contribution in [0.5, 0.6) is 5.75 Å². The van der Waals surface area contributed by atoms with Crippen molar-refractivity contribution in [3.63, 3.8) is 0 Å². The average Bonchev–Trinajstić information content (AvgIpc) is 3.50. The van der Waals surface area contributed by atoms with E-state index in [0.717, 1.165) is 44.2 Å². The predicted octanol–water partition coefficient (Wildman–Crippen LogP) is 4.42. The number of carbonyl (C=O) groups is 1. The van der Waals surface area contributed by atoms with Gasteiger partial charge in [0.2, 0.25) is 0 Å². The maximum absolute atomic E-state index is 13.2. The van der Waals surface area contributed by atoms with Gasteiger partial charge in [-0.2, -0.15) is 8.42 Å². The molecule has 0 spiro atoms. The Morgan fingerprint density at radius 2 is 1.92 bits per heavy atom. The molecule has 1 aromatic heterocycles. The van der Waals surface area contributed by atoms with Gasteiger partial charge in [-0.1, -0.05) is 43.0 Å². The lowest BCUT2D eigenvalue weighted by Gasteiger charge is -2.26. The van der Waals surface area contributed by atoms with Crippen molar-refractivity contribution in [1.82, 2.24) is 9.71 Å². The van der Waals surface area contributed by atoms with Gasteiger partial charge in [0.1, 0.15) is 11.6 Å². The van der Waals surface area contributed by atoms with Crippen LogP contribution in [0.1, 0.15) is 62.8 Å². The molecule has 3 fully saturated rings. The molecular weight excluding hydrogens is 502 g/mol. The number of hydrogen-bond acceptors (Lipinski definition) is 7. The Balaban J connectivity index is 1.32. The van der Waals surface area contributed by atoms with Crippen molar-refractivity contribution in [2.24, 2.45) is 0 Å². The topological polar surface area (TPSA) is 97.8 Å². The standard InChI is InChI=1S/C26H32ClN3O5S/c1-34-20-12-15-30(17-20)23-8-5-9-24(28-23)36(32,33)29-25(31)26(13-14-26)35-22-16-19(27)10-11-21(22)18-6-3-2-4-7-18/h5,8-11,16,18,20H,2-4,6-7,12-15,17H2,1H3,(H,29,31)/t20-/m0/s1. The first-order chi connectivity index (χ1) is 17.3. The molecule has 2 heterocycles. The summed E-state index contributed by atoms with van der Waals surface area (Å²) in [4.78, 5) is 19.5. The highest BCUT2D eigenvalue weighted by molar-refractivity contribution is 7.90. The number of halogens is 1. The fraction of sp³-hybridized carbons (Fsp3) is 0.538. The molecule has 0 unspecified atom stereocenters. The SMILES string of the molecule is CO[C@H]1CCN(c2cccc(S(=O)(=O)NC(=O)C3(Oc4cc(Cl)ccc4C4CCCCC4)CC3)n2)C1. The summed E-state index contributed by atoms with van der Waals surface area (Å²) in [5.74, 6) is 0.786. The second-order valence-corrected chi connectivity index (χ2v) is 12.0. The fourth-order valence-electron chi connectivity index (χ4n) is 5.17. The van der Waals surface area contributed by atoms with Crippen LogP contribution < -0.4 is 14.4 Å². The van der Waals surface area contributed by atoms with Crippen LogP contribution in [0.15, 0.2) is 41.4 Å². The monoisotopic (exact) mass is 533 g/mol. The molecule has 1 aromatic carbocycles. The van der Waals surface area contributed by atoms with E-state index in [1.165, 1.54) is 12.5 Å². The van der Waals surface area contributed by atoms with Gasteiger partial charge in [0.05, 0.1) is 6.10 Å². The zero-order valence-corrected chi connectivity index (χ0v) is 22.0. The molecule has 10 heteroatoms. The first-order valence-corrected chi connectivity index (χ1v) is 14.5. The quantitative estimate of drug-likeness (QED) is 0.536. The predicted molar refractivity (Wildman–Crippen MR) is 137 cm³/mol. The highest BCUT2D eigenvalue weighted by Gasteiger charge is 2.54. The van der Waals surface area contributed by atoms with Crippen LogP contribution in [0.25, 0.3) is 0 Å². The zero-order valence-electron chi connectivity index (χ0n) is 20.4. The number of carbonyl (C=O) groups excluding carboxylic acids is 1. The number of hydrogen-bond donors (Lipinski definition) is 1. The number of anilines is 1. The molecule has 8 nitrogen and oxygen atoms in total. The molecule has 2 aromatic rings. The van der Waals surface area contributed by atoms with E-state index >= 15 is 0 Å². The molecule has 1 atom stereocenters. The summed E-state index contributed by atoms with van der Waals surface area (Å²) >= 11 is 6.26. The number of ether oxygens (including phenoxy) is 2. The molecule has 1 N–H and O–H groups in total. The average molecular weight is 534 g/mol. The lowest BCUT2D eigenvalue weighted by atomic mass is 9.83. The first kappa shape index (κ1) is 25.3. The molecule has 1 aliphatic heterocycles. The minimum absolute atomic E-state index is 0.0867. The molecule has 2 saturated carbocycles. The molecule has 194 valence electrons. The number of nitrogens with one attached hydrogen (secondary N) is 1. The number of pyridine rings is 1. The minimum atomic E-state index is -4.18. The van der Waals surface area contributed by atoms with Gasteiger partial charge in [0.15, 0.2) is 10.6 Å². The van der Waals surface area contributed by atoms with Gasteiger partial charge in [-0.05, 0) is 55.0 Å². The Bertz CT molecular complexity index is 1230. The summed E-state index contributed by atoms with van der Waals surface area (Å²) in [5, 5.41) is 0.322. The Morgan fingerprint density at radius 1 is 1.14 bits per heavy atom. The van der Waals surface area contributed by atoms with E-state index in [1.54, 1.807) is 25.3 Å². The Hall–Kier alpha value is -2.36. The summed E-state index contributed by atoms with van der Waals surface area (Å²) in [6.45, 7) is 1.36. The third-order valence-corrected chi connectivity index (χ3v) is 8.92. The molecule has 3 aliphatic rings. The molecule has 2 aliphatic carbocycles. The van der Waals surface area contributed by atoms with Crippen LogP contribution in [0.3, 0.4) is 0 Å². The number of methoxy groups -OCH3 is 1. The molecule has 5 rings (SSSR count). The van der Waals surface area contributed by atoms with E-state index in [0.29, 0.717) is 41.9 Å². The zero-order chi connectivity index (χ0) is 25.3. The van der Waals surface area contributed by atoms with Gasteiger partial charge in [-0.15, -0.1) is 0 Å². The van der Waals surface area contributed by atoms with Gasteiger partial charge >= 0.3 is 0 Å². The van der Waals surface area contributed by atoms with E-state index in [2.05, 4.69) is 9.71 Å². The van der Waals surface area contributed by atoms with Crippen molar-refractivity contribution in [3.8, 4) is 5.75 Å². The molecule has 1 amide bonds. The molecule has 1 saturated heterocycles. The van der Waals surface area contributed by atoms with E-state index in [-0.39, 0.29) is 11.1 Å². The van der Waals surface area contributed by atoms with Crippen LogP contribution in [0.4, 0.5) is 5.82 Å². The number of nitrogens with zero attached hydrogens (tertiary/aromatic N) is 2. The van der Waals surface area contributed by atoms with E-state index < -0.39 is 21.5 Å². The second kappa shape index (κ2) is 10.2. The number of amides is 1. The largest absolute Gasteiger partial charge is 0.477 e. The Morgan fingerprint density at radius 3 is 2.61 bits per heavy atom. The summed E-state index contributed by atoms with van der Waals surface area (Å²) in [5.41, 5.74) is -0.185. The van der Waals surface area contributed by atoms with Crippen LogP contribution in [-0.4, -0.2) is 51.2 Å². The van der Waals surface area contributed by atoms with Crippen LogP contribution >= 0.6 is 11.6 Å². The molecule has 0 radical (unpaired) electrons. The number of sulfonamides is 1. The normalized spacial score (nSPS) is 21.8. The first-order valence-electron chi connectivity index (χ1n) is 12.6. The van der Waals surface area contributed by atoms with Gasteiger partial charge in [0.25, 0.3) is 15.9 Å². The molecule has 36 heavy (non-hydrogen) atoms. The summed E-state index contributed by atoms with van der Waals surface area (Å²) < 4.78 is 40.1. The summed E-state index contributed by atoms with van der Waals surface area (Å²) in [6.07, 6.45) is 7.48. The Kier molecular flexibility index (Phi) is 7.16. The van der Waals surface area contributed by atoms with Crippen molar-refractivity contribution < 1.29 is 22.7 Å². The smallest absolute Gasteiger partial charge is 0.281 e. The van der Waals surface area contributed by atoms with Crippen molar-refractivity contribution in [2.45, 2.75) is 74.0 Å². The molecule has 0 bridgehead atoms. The fourth-order valence-corrected chi connectivity index (χ4v) is 6.34. The van der Waals surface area contributed by atoms with Crippen molar-refractivity contribution in [1.29, 1.82) is 0 Å². The third-order valence-electron chi connectivity index (χ3n) is 7.46. The van der Waals surface area contributed by atoms with Crippen molar-refractivity contribution in [3.05, 3.63) is 47.0 Å². The van der Waals surface area contributed by atoms with Gasteiger partial charge in [-0.25, -0.2) is 9.71 Å². The van der Waals surface area contributed by atoms with Gasteiger partial charge in [-0.3, -0.25) is 4.79 Å². The van der Waals surface area contributed by atoms with Crippen molar-refractivity contribution >= 4 is 33.3 Å². The van der Waals surface area contributed by atoms with Crippen LogP contribution in [-0.2, 0) is 19.6 Å². The number of benzene rings is 1. The van der Waals surface area contributed by atoms with Crippen LogP contribution in [0.2, 0.25) is 5.02 Å². The highest BCUT2D eigenvalue weighted by Crippen LogP contribution is 2.45. The lowest BCUT2D eigenvalue weighted by Crippen LogP contribution is -2.43. The maximum atomic E-state index is 13.2. The van der Waals surface area contributed by atoms with E-state index in [4.69, 9.17) is 21.1 Å². The van der Waals surface area contributed by atoms with Crippen molar-refractivity contribution in [2.75, 3.05) is 25.1 Å². The minimum Gasteiger partial charge on any atom is -0.477 e. The number of rotatable bonds is 8. The highest BCUT2D eigenvalue weighted by atomic mass is 35.5. The van der Waals surface area contributed by atoms with Crippen LogP contribution in [0, 0.1) is 0 Å². The second-order valence-electron chi connectivity index (χ2n) is 9.97. The molecular formula is C26H32ClN3O5S. The number of aromatic nitrogens is 1. The lowest BCUT2D eigenvalue weighted by molar-refractivity contribution is -0.128. The Labute approximate surface area is 217 Å². The summed E-state index contributed by atoms with van der Waals surface area (Å²) in [6, 6.07) is 10.3. The summed E-state index contributed by atoms with van der Waals surface area (Å²) in [7, 11) is -2.52. The van der Waals surface area contributed by atoms with Gasteiger partial charge < -0.3 is 14.4 Å². The van der Waals surface area contributed by atoms with Gasteiger partial charge in [0, 0.05) is 38.1 Å². The third kappa shape index (κ3) is 5.33. The van der Waals surface area contributed by atoms with E-state index in [9.17, 15) is 13.2 Å². The van der Waals surface area contributed by atoms with E-state index in [1.807, 2.05) is 17.0 Å². The maximum Gasteiger partial charge on any atom is 0.281 e.